The third-order valence-electron chi connectivity index (χ3n) is 13.5. The molecule has 0 bridgehead atoms. The Morgan fingerprint density at radius 3 is 1.51 bits per heavy atom. The second kappa shape index (κ2) is 15.6. The number of para-hydroxylation sites is 3. The summed E-state index contributed by atoms with van der Waals surface area (Å²) in [6.45, 7) is 0. The zero-order valence-electron chi connectivity index (χ0n) is 37.2. The maximum atomic E-state index is 6.68. The Kier molecular flexibility index (Phi) is 8.79. The van der Waals surface area contributed by atoms with Crippen molar-refractivity contribution in [2.75, 3.05) is 0 Å². The fourth-order valence-electron chi connectivity index (χ4n) is 10.4. The second-order valence-electron chi connectivity index (χ2n) is 17.6. The highest BCUT2D eigenvalue weighted by Crippen LogP contribution is 2.45. The zero-order valence-corrected chi connectivity index (χ0v) is 37.2. The van der Waals surface area contributed by atoms with Crippen molar-refractivity contribution in [2.45, 2.75) is 0 Å². The van der Waals surface area contributed by atoms with E-state index in [1.165, 1.54) is 5.39 Å². The second-order valence-corrected chi connectivity index (χ2v) is 17.6. The van der Waals surface area contributed by atoms with Gasteiger partial charge in [-0.15, -0.1) is 0 Å². The van der Waals surface area contributed by atoms with E-state index in [1.807, 2.05) is 24.3 Å². The molecule has 14 rings (SSSR count). The summed E-state index contributed by atoms with van der Waals surface area (Å²) in [6.07, 6.45) is 0. The average molecular weight is 882 g/mol. The standard InChI is InChI=1S/C63H39N5O/c1-5-19-40(20-6-1)44-35-45(41-21-7-2-8-22-41)37-46(36-44)62-64-61(43-25-11-4-12-26-43)65-63(66-62)68-55-31-17-14-29-51(55)58-56(68)34-33-50-48-27-13-16-30-54(48)67(59(50)58)47-38-52(42-23-9-3-10-24-42)60-53(39-47)49-28-15-18-32-57(49)69-60/h1-39H. The first-order chi connectivity index (χ1) is 34.2. The van der Waals surface area contributed by atoms with Gasteiger partial charge in [0.2, 0.25) is 5.95 Å². The minimum atomic E-state index is 0.538. The van der Waals surface area contributed by atoms with Crippen LogP contribution >= 0.6 is 0 Å². The van der Waals surface area contributed by atoms with Gasteiger partial charge in [0.25, 0.3) is 0 Å². The number of nitrogens with zero attached hydrogens (tertiary/aromatic N) is 5. The third-order valence-corrected chi connectivity index (χ3v) is 13.5. The molecule has 0 spiro atoms. The molecule has 4 aromatic heterocycles. The van der Waals surface area contributed by atoms with Gasteiger partial charge in [0.05, 0.1) is 22.1 Å². The van der Waals surface area contributed by atoms with E-state index in [4.69, 9.17) is 19.4 Å². The van der Waals surface area contributed by atoms with Gasteiger partial charge in [0, 0.05) is 54.7 Å². The number of rotatable bonds is 7. The Balaban J connectivity index is 1.07. The number of benzene rings is 10. The summed E-state index contributed by atoms with van der Waals surface area (Å²) < 4.78 is 11.4. The van der Waals surface area contributed by atoms with Crippen LogP contribution in [0, 0.1) is 0 Å². The predicted molar refractivity (Wildman–Crippen MR) is 283 cm³/mol. The van der Waals surface area contributed by atoms with E-state index in [9.17, 15) is 0 Å². The Morgan fingerprint density at radius 2 is 0.841 bits per heavy atom. The van der Waals surface area contributed by atoms with Crippen LogP contribution in [0.4, 0.5) is 0 Å². The molecule has 0 aliphatic rings. The highest BCUT2D eigenvalue weighted by atomic mass is 16.3. The molecule has 0 radical (unpaired) electrons. The fourth-order valence-corrected chi connectivity index (χ4v) is 10.4. The molecular formula is C63H39N5O. The molecular weight excluding hydrogens is 843 g/mol. The van der Waals surface area contributed by atoms with Crippen molar-refractivity contribution in [3.8, 4) is 67.8 Å². The molecule has 0 aliphatic carbocycles. The van der Waals surface area contributed by atoms with Crippen molar-refractivity contribution in [1.82, 2.24) is 24.1 Å². The number of hydrogen-bond acceptors (Lipinski definition) is 4. The summed E-state index contributed by atoms with van der Waals surface area (Å²) in [5.74, 6) is 1.72. The Labute approximate surface area is 396 Å². The Morgan fingerprint density at radius 1 is 0.319 bits per heavy atom. The predicted octanol–water partition coefficient (Wildman–Crippen LogP) is 16.3. The topological polar surface area (TPSA) is 61.7 Å². The van der Waals surface area contributed by atoms with Gasteiger partial charge in [-0.25, -0.2) is 4.98 Å². The van der Waals surface area contributed by atoms with Crippen LogP contribution in [0.5, 0.6) is 0 Å². The van der Waals surface area contributed by atoms with Crippen LogP contribution in [0.1, 0.15) is 0 Å². The van der Waals surface area contributed by atoms with Crippen LogP contribution < -0.4 is 0 Å². The first-order valence-corrected chi connectivity index (χ1v) is 23.3. The first kappa shape index (κ1) is 38.8. The van der Waals surface area contributed by atoms with Crippen molar-refractivity contribution < 1.29 is 4.42 Å². The van der Waals surface area contributed by atoms with Crippen LogP contribution in [0.3, 0.4) is 0 Å². The maximum absolute atomic E-state index is 6.68. The van der Waals surface area contributed by atoms with Crippen molar-refractivity contribution in [3.63, 3.8) is 0 Å². The lowest BCUT2D eigenvalue weighted by Gasteiger charge is -2.14. The largest absolute Gasteiger partial charge is 0.455 e. The summed E-state index contributed by atoms with van der Waals surface area (Å²) in [4.78, 5) is 16.1. The van der Waals surface area contributed by atoms with Gasteiger partial charge in [-0.3, -0.25) is 4.57 Å². The molecule has 0 saturated carbocycles. The molecule has 69 heavy (non-hydrogen) atoms. The molecule has 10 aromatic carbocycles. The highest BCUT2D eigenvalue weighted by Gasteiger charge is 2.25. The van der Waals surface area contributed by atoms with Crippen LogP contribution in [0.15, 0.2) is 241 Å². The number of aromatic nitrogens is 5. The van der Waals surface area contributed by atoms with Crippen molar-refractivity contribution in [2.24, 2.45) is 0 Å². The van der Waals surface area contributed by atoms with Gasteiger partial charge in [0.15, 0.2) is 11.6 Å². The van der Waals surface area contributed by atoms with E-state index >= 15 is 0 Å². The lowest BCUT2D eigenvalue weighted by Crippen LogP contribution is -2.06. The van der Waals surface area contributed by atoms with E-state index < -0.39 is 0 Å². The van der Waals surface area contributed by atoms with Gasteiger partial charge in [-0.2, -0.15) is 9.97 Å². The van der Waals surface area contributed by atoms with Crippen LogP contribution in [-0.4, -0.2) is 24.1 Å². The van der Waals surface area contributed by atoms with Crippen molar-refractivity contribution in [3.05, 3.63) is 237 Å². The Bertz CT molecular complexity index is 4230. The zero-order chi connectivity index (χ0) is 45.4. The summed E-state index contributed by atoms with van der Waals surface area (Å²) in [6, 6.07) is 83.3. The summed E-state index contributed by atoms with van der Waals surface area (Å²) in [5, 5.41) is 6.69. The molecule has 0 aliphatic heterocycles. The fraction of sp³-hybridized carbons (Fsp3) is 0. The van der Waals surface area contributed by atoms with E-state index in [1.54, 1.807) is 0 Å². The van der Waals surface area contributed by atoms with E-state index in [2.05, 4.69) is 221 Å². The smallest absolute Gasteiger partial charge is 0.238 e. The summed E-state index contributed by atoms with van der Waals surface area (Å²) in [7, 11) is 0. The normalized spacial score (nSPS) is 11.8. The molecule has 0 amide bonds. The van der Waals surface area contributed by atoms with Crippen LogP contribution in [-0.2, 0) is 0 Å². The maximum Gasteiger partial charge on any atom is 0.238 e. The number of hydrogen-bond donors (Lipinski definition) is 0. The molecule has 14 aromatic rings. The van der Waals surface area contributed by atoms with Crippen molar-refractivity contribution in [1.29, 1.82) is 0 Å². The SMILES string of the molecule is c1ccc(-c2cc(-c3ccccc3)cc(-c3nc(-c4ccccc4)nc(-n4c5ccccc5c5c4ccc4c6ccccc6n(-c6cc(-c7ccccc7)c7oc8ccccc8c7c6)c45)n3)c2)cc1. The van der Waals surface area contributed by atoms with Gasteiger partial charge < -0.3 is 8.98 Å². The monoisotopic (exact) mass is 881 g/mol. The molecule has 0 saturated heterocycles. The minimum absolute atomic E-state index is 0.538. The lowest BCUT2D eigenvalue weighted by atomic mass is 9.96. The van der Waals surface area contributed by atoms with Gasteiger partial charge in [-0.05, 0) is 82.4 Å². The molecule has 0 fully saturated rings. The van der Waals surface area contributed by atoms with Crippen LogP contribution in [0.25, 0.3) is 133 Å². The summed E-state index contributed by atoms with van der Waals surface area (Å²) >= 11 is 0. The van der Waals surface area contributed by atoms with Crippen LogP contribution in [0.2, 0.25) is 0 Å². The first-order valence-electron chi connectivity index (χ1n) is 23.3. The van der Waals surface area contributed by atoms with E-state index in [0.717, 1.165) is 110 Å². The highest BCUT2D eigenvalue weighted by molar-refractivity contribution is 6.26. The molecule has 0 unspecified atom stereocenters. The molecule has 6 heteroatoms. The molecule has 6 nitrogen and oxygen atoms in total. The third kappa shape index (κ3) is 6.30. The molecule has 0 atom stereocenters. The van der Waals surface area contributed by atoms with Gasteiger partial charge >= 0.3 is 0 Å². The van der Waals surface area contributed by atoms with Crippen molar-refractivity contribution >= 4 is 65.6 Å². The molecule has 322 valence electrons. The minimum Gasteiger partial charge on any atom is -0.455 e. The number of furan rings is 1. The van der Waals surface area contributed by atoms with E-state index in [0.29, 0.717) is 17.6 Å². The average Bonchev–Trinajstić information content (AvgIpc) is 4.09. The quantitative estimate of drug-likeness (QED) is 0.160. The molecule has 0 N–H and O–H groups in total. The number of fused-ring (bicyclic) bond motifs is 10. The Hall–Kier alpha value is -9.39. The van der Waals surface area contributed by atoms with E-state index in [-0.39, 0.29) is 0 Å². The molecule has 4 heterocycles. The van der Waals surface area contributed by atoms with Gasteiger partial charge in [0.1, 0.15) is 11.2 Å². The lowest BCUT2D eigenvalue weighted by molar-refractivity contribution is 0.670. The van der Waals surface area contributed by atoms with Gasteiger partial charge in [-0.1, -0.05) is 182 Å². The summed E-state index contributed by atoms with van der Waals surface area (Å²) in [5.41, 5.74) is 15.3.